The van der Waals surface area contributed by atoms with Crippen LogP contribution in [0.3, 0.4) is 0 Å². The molecule has 0 aliphatic heterocycles. The SMILES string of the molecule is Cc1cc(CN(C)CCc2ccccc2C(=O)O)c(C)s1. The monoisotopic (exact) mass is 303 g/mol. The maximum atomic E-state index is 11.2. The smallest absolute Gasteiger partial charge is 0.335 e. The van der Waals surface area contributed by atoms with Crippen LogP contribution in [0.5, 0.6) is 0 Å². The number of carboxylic acid groups (broad SMARTS) is 1. The van der Waals surface area contributed by atoms with Crippen LogP contribution in [0.2, 0.25) is 0 Å². The molecule has 4 heteroatoms. The Labute approximate surface area is 129 Å². The van der Waals surface area contributed by atoms with Gasteiger partial charge in [-0.05, 0) is 50.6 Å². The summed E-state index contributed by atoms with van der Waals surface area (Å²) in [5, 5.41) is 9.19. The van der Waals surface area contributed by atoms with Crippen LogP contribution in [0.25, 0.3) is 0 Å². The maximum absolute atomic E-state index is 11.2. The minimum Gasteiger partial charge on any atom is -0.478 e. The molecule has 1 aromatic carbocycles. The van der Waals surface area contributed by atoms with E-state index in [1.54, 1.807) is 12.1 Å². The number of hydrogen-bond acceptors (Lipinski definition) is 3. The van der Waals surface area contributed by atoms with Gasteiger partial charge in [-0.1, -0.05) is 18.2 Å². The van der Waals surface area contributed by atoms with Crippen molar-refractivity contribution in [3.63, 3.8) is 0 Å². The van der Waals surface area contributed by atoms with Gasteiger partial charge in [0.15, 0.2) is 0 Å². The zero-order chi connectivity index (χ0) is 15.4. The third-order valence-corrected chi connectivity index (χ3v) is 4.60. The number of thiophene rings is 1. The fourth-order valence-electron chi connectivity index (χ4n) is 2.47. The molecule has 2 rings (SSSR count). The fraction of sp³-hybridized carbons (Fsp3) is 0.353. The lowest BCUT2D eigenvalue weighted by atomic mass is 10.0. The van der Waals surface area contributed by atoms with E-state index in [1.165, 1.54) is 15.3 Å². The third kappa shape index (κ3) is 4.16. The molecular formula is C17H21NO2S. The van der Waals surface area contributed by atoms with Gasteiger partial charge in [0.25, 0.3) is 0 Å². The van der Waals surface area contributed by atoms with E-state index in [4.69, 9.17) is 0 Å². The molecule has 0 spiro atoms. The molecule has 0 amide bonds. The van der Waals surface area contributed by atoms with Gasteiger partial charge in [-0.25, -0.2) is 4.79 Å². The van der Waals surface area contributed by atoms with Gasteiger partial charge in [-0.2, -0.15) is 0 Å². The molecule has 0 saturated heterocycles. The maximum Gasteiger partial charge on any atom is 0.335 e. The van der Waals surface area contributed by atoms with Gasteiger partial charge >= 0.3 is 5.97 Å². The average molecular weight is 303 g/mol. The van der Waals surface area contributed by atoms with E-state index in [-0.39, 0.29) is 0 Å². The predicted molar refractivity (Wildman–Crippen MR) is 87.2 cm³/mol. The lowest BCUT2D eigenvalue weighted by molar-refractivity contribution is 0.0695. The number of aromatic carboxylic acids is 1. The van der Waals surface area contributed by atoms with E-state index in [9.17, 15) is 9.90 Å². The van der Waals surface area contributed by atoms with E-state index in [2.05, 4.69) is 31.9 Å². The quantitative estimate of drug-likeness (QED) is 0.884. The molecule has 0 aliphatic rings. The molecule has 21 heavy (non-hydrogen) atoms. The van der Waals surface area contributed by atoms with Crippen LogP contribution in [-0.2, 0) is 13.0 Å². The Morgan fingerprint density at radius 1 is 1.24 bits per heavy atom. The van der Waals surface area contributed by atoms with Crippen LogP contribution in [0.4, 0.5) is 0 Å². The highest BCUT2D eigenvalue weighted by molar-refractivity contribution is 7.12. The first kappa shape index (κ1) is 15.7. The average Bonchev–Trinajstić information content (AvgIpc) is 2.74. The molecule has 0 saturated carbocycles. The Kier molecular flexibility index (Phi) is 5.15. The van der Waals surface area contributed by atoms with E-state index in [0.29, 0.717) is 5.56 Å². The number of carbonyl (C=O) groups is 1. The van der Waals surface area contributed by atoms with E-state index in [0.717, 1.165) is 25.1 Å². The van der Waals surface area contributed by atoms with Crippen molar-refractivity contribution in [3.05, 3.63) is 56.8 Å². The van der Waals surface area contributed by atoms with E-state index in [1.807, 2.05) is 23.5 Å². The summed E-state index contributed by atoms with van der Waals surface area (Å²) in [6.45, 7) is 6.04. The first-order valence-electron chi connectivity index (χ1n) is 7.03. The van der Waals surface area contributed by atoms with E-state index >= 15 is 0 Å². The molecule has 2 aromatic rings. The second-order valence-electron chi connectivity index (χ2n) is 5.39. The Balaban J connectivity index is 1.97. The van der Waals surface area contributed by atoms with Crippen molar-refractivity contribution in [1.82, 2.24) is 4.90 Å². The fourth-order valence-corrected chi connectivity index (χ4v) is 3.41. The Bertz CT molecular complexity index is 633. The highest BCUT2D eigenvalue weighted by Gasteiger charge is 2.11. The molecule has 0 unspecified atom stereocenters. The lowest BCUT2D eigenvalue weighted by Crippen LogP contribution is -2.21. The Morgan fingerprint density at radius 3 is 2.57 bits per heavy atom. The number of benzene rings is 1. The van der Waals surface area contributed by atoms with E-state index < -0.39 is 5.97 Å². The number of rotatable bonds is 6. The summed E-state index contributed by atoms with van der Waals surface area (Å²) in [5.74, 6) is -0.849. The standard InChI is InChI=1S/C17H21NO2S/c1-12-10-15(13(2)21-12)11-18(3)9-8-14-6-4-5-7-16(14)17(19)20/h4-7,10H,8-9,11H2,1-3H3,(H,19,20). The van der Waals surface area contributed by atoms with Gasteiger partial charge < -0.3 is 10.0 Å². The summed E-state index contributed by atoms with van der Waals surface area (Å²) in [6.07, 6.45) is 0.751. The number of likely N-dealkylation sites (N-methyl/N-ethyl adjacent to an activating group) is 1. The molecule has 0 bridgehead atoms. The molecule has 0 radical (unpaired) electrons. The van der Waals surface area contributed by atoms with Gasteiger partial charge in [0.1, 0.15) is 0 Å². The van der Waals surface area contributed by atoms with Crippen molar-refractivity contribution in [2.24, 2.45) is 0 Å². The molecule has 3 nitrogen and oxygen atoms in total. The first-order chi connectivity index (χ1) is 9.97. The topological polar surface area (TPSA) is 40.5 Å². The van der Waals surface area contributed by atoms with Crippen molar-refractivity contribution >= 4 is 17.3 Å². The van der Waals surface area contributed by atoms with Crippen molar-refractivity contribution in [1.29, 1.82) is 0 Å². The first-order valence-corrected chi connectivity index (χ1v) is 7.84. The largest absolute Gasteiger partial charge is 0.478 e. The number of hydrogen-bond donors (Lipinski definition) is 1. The van der Waals surface area contributed by atoms with Crippen LogP contribution in [0.1, 0.15) is 31.2 Å². The minimum atomic E-state index is -0.849. The molecule has 112 valence electrons. The second kappa shape index (κ2) is 6.87. The summed E-state index contributed by atoms with van der Waals surface area (Å²) in [7, 11) is 2.08. The van der Waals surface area contributed by atoms with Gasteiger partial charge in [0.05, 0.1) is 5.56 Å². The summed E-state index contributed by atoms with van der Waals surface area (Å²) < 4.78 is 0. The predicted octanol–water partition coefficient (Wildman–Crippen LogP) is 3.74. The third-order valence-electron chi connectivity index (χ3n) is 3.59. The zero-order valence-corrected chi connectivity index (χ0v) is 13.5. The molecular weight excluding hydrogens is 282 g/mol. The summed E-state index contributed by atoms with van der Waals surface area (Å²) in [5.41, 5.74) is 2.68. The number of aryl methyl sites for hydroxylation is 2. The highest BCUT2D eigenvalue weighted by Crippen LogP contribution is 2.21. The number of carboxylic acids is 1. The van der Waals surface area contributed by atoms with Gasteiger partial charge in [-0.3, -0.25) is 0 Å². The van der Waals surface area contributed by atoms with Crippen molar-refractivity contribution in [3.8, 4) is 0 Å². The zero-order valence-electron chi connectivity index (χ0n) is 12.7. The summed E-state index contributed by atoms with van der Waals surface area (Å²) in [4.78, 5) is 16.1. The highest BCUT2D eigenvalue weighted by atomic mass is 32.1. The second-order valence-corrected chi connectivity index (χ2v) is 6.85. The molecule has 1 N–H and O–H groups in total. The normalized spacial score (nSPS) is 11.0. The van der Waals surface area contributed by atoms with Crippen LogP contribution >= 0.6 is 11.3 Å². The van der Waals surface area contributed by atoms with Crippen molar-refractivity contribution in [2.45, 2.75) is 26.8 Å². The van der Waals surface area contributed by atoms with Gasteiger partial charge in [0.2, 0.25) is 0 Å². The molecule has 1 heterocycles. The Hall–Kier alpha value is -1.65. The van der Waals surface area contributed by atoms with Crippen molar-refractivity contribution < 1.29 is 9.90 Å². The molecule has 0 aliphatic carbocycles. The van der Waals surface area contributed by atoms with Crippen LogP contribution in [0, 0.1) is 13.8 Å². The van der Waals surface area contributed by atoms with Crippen LogP contribution in [0.15, 0.2) is 30.3 Å². The van der Waals surface area contributed by atoms with Gasteiger partial charge in [0, 0.05) is 22.8 Å². The Morgan fingerprint density at radius 2 is 1.95 bits per heavy atom. The van der Waals surface area contributed by atoms with Crippen molar-refractivity contribution in [2.75, 3.05) is 13.6 Å². The molecule has 0 atom stereocenters. The summed E-state index contributed by atoms with van der Waals surface area (Å²) in [6, 6.07) is 9.48. The number of nitrogens with zero attached hydrogens (tertiary/aromatic N) is 1. The molecule has 0 fully saturated rings. The summed E-state index contributed by atoms with van der Waals surface area (Å²) >= 11 is 1.83. The minimum absolute atomic E-state index is 0.411. The molecule has 1 aromatic heterocycles. The van der Waals surface area contributed by atoms with Gasteiger partial charge in [-0.15, -0.1) is 11.3 Å². The van der Waals surface area contributed by atoms with Crippen LogP contribution in [-0.4, -0.2) is 29.6 Å². The lowest BCUT2D eigenvalue weighted by Gasteiger charge is -2.17. The van der Waals surface area contributed by atoms with Crippen LogP contribution < -0.4 is 0 Å².